The number of halogens is 5. The van der Waals surface area contributed by atoms with E-state index in [1.807, 2.05) is 0 Å². The van der Waals surface area contributed by atoms with Gasteiger partial charge in [0.25, 0.3) is 5.69 Å². The summed E-state index contributed by atoms with van der Waals surface area (Å²) in [7, 11) is 0. The molecule has 0 aliphatic rings. The van der Waals surface area contributed by atoms with E-state index >= 15 is 0 Å². The fourth-order valence-corrected chi connectivity index (χ4v) is 3.70. The van der Waals surface area contributed by atoms with Gasteiger partial charge in [0.15, 0.2) is 5.78 Å². The molecule has 0 saturated carbocycles. The number of benzene rings is 2. The van der Waals surface area contributed by atoms with Crippen LogP contribution in [0, 0.1) is 16.0 Å². The molecular formula is C21H16Cl2F3N3O4. The van der Waals surface area contributed by atoms with Gasteiger partial charge in [0.2, 0.25) is 5.43 Å². The first-order valence-electron chi connectivity index (χ1n) is 9.51. The van der Waals surface area contributed by atoms with Gasteiger partial charge in [0.05, 0.1) is 26.7 Å². The number of nitrogens with zero attached hydrogens (tertiary/aromatic N) is 1. The van der Waals surface area contributed by atoms with Gasteiger partial charge in [0, 0.05) is 17.5 Å². The summed E-state index contributed by atoms with van der Waals surface area (Å²) in [6.45, 7) is 3.42. The van der Waals surface area contributed by atoms with Crippen LogP contribution in [0.15, 0.2) is 35.1 Å². The highest BCUT2D eigenvalue weighted by Crippen LogP contribution is 2.38. The topological polar surface area (TPSA) is 105 Å². The van der Waals surface area contributed by atoms with E-state index in [9.17, 15) is 32.9 Å². The molecule has 0 spiro atoms. The minimum atomic E-state index is -4.80. The van der Waals surface area contributed by atoms with Crippen molar-refractivity contribution in [2.75, 3.05) is 5.32 Å². The summed E-state index contributed by atoms with van der Waals surface area (Å²) in [6.07, 6.45) is -4.92. The molecule has 0 aliphatic carbocycles. The Labute approximate surface area is 194 Å². The molecule has 0 aliphatic heterocycles. The Morgan fingerprint density at radius 1 is 1.21 bits per heavy atom. The molecule has 0 fully saturated rings. The molecule has 2 aromatic carbocycles. The van der Waals surface area contributed by atoms with Crippen molar-refractivity contribution < 1.29 is 22.9 Å². The van der Waals surface area contributed by atoms with Gasteiger partial charge in [-0.05, 0) is 30.2 Å². The second-order valence-electron chi connectivity index (χ2n) is 7.61. The van der Waals surface area contributed by atoms with Crippen LogP contribution in [0.3, 0.4) is 0 Å². The third-order valence-corrected chi connectivity index (χ3v) is 5.25. The van der Waals surface area contributed by atoms with Gasteiger partial charge in [-0.25, -0.2) is 0 Å². The van der Waals surface area contributed by atoms with Gasteiger partial charge in [-0.3, -0.25) is 19.7 Å². The number of ketones is 1. The minimum absolute atomic E-state index is 0.0919. The van der Waals surface area contributed by atoms with Crippen LogP contribution in [-0.2, 0) is 6.18 Å². The van der Waals surface area contributed by atoms with Crippen LogP contribution in [0.5, 0.6) is 0 Å². The first-order valence-corrected chi connectivity index (χ1v) is 10.3. The van der Waals surface area contributed by atoms with E-state index in [0.29, 0.717) is 6.07 Å². The predicted molar refractivity (Wildman–Crippen MR) is 120 cm³/mol. The summed E-state index contributed by atoms with van der Waals surface area (Å²) >= 11 is 11.8. The SMILES string of the molecule is CC(C)CC(=O)c1c(Nc2ccc(Cl)cc2C(F)(F)F)[nH]c2c(Cl)ccc([N+](=O)[O-])c2c1=O. The van der Waals surface area contributed by atoms with E-state index in [1.54, 1.807) is 13.8 Å². The molecule has 0 atom stereocenters. The molecule has 0 radical (unpaired) electrons. The molecule has 0 amide bonds. The Hall–Kier alpha value is -3.11. The van der Waals surface area contributed by atoms with Crippen molar-refractivity contribution in [3.05, 3.63) is 71.8 Å². The van der Waals surface area contributed by atoms with Crippen molar-refractivity contribution in [3.8, 4) is 0 Å². The third kappa shape index (κ3) is 4.96. The highest BCUT2D eigenvalue weighted by Gasteiger charge is 2.34. The van der Waals surface area contributed by atoms with Crippen molar-refractivity contribution in [3.63, 3.8) is 0 Å². The maximum atomic E-state index is 13.6. The number of nitro groups is 1. The predicted octanol–water partition coefficient (Wildman–Crippen LogP) is 6.73. The summed E-state index contributed by atoms with van der Waals surface area (Å²) in [5.41, 5.74) is -3.96. The lowest BCUT2D eigenvalue weighted by Gasteiger charge is -2.18. The largest absolute Gasteiger partial charge is 0.418 e. The van der Waals surface area contributed by atoms with E-state index < -0.39 is 50.2 Å². The van der Waals surface area contributed by atoms with Crippen LogP contribution in [-0.4, -0.2) is 15.7 Å². The van der Waals surface area contributed by atoms with Crippen molar-refractivity contribution in [1.29, 1.82) is 0 Å². The number of hydrogen-bond donors (Lipinski definition) is 2. The van der Waals surface area contributed by atoms with Crippen LogP contribution in [0.4, 0.5) is 30.4 Å². The molecule has 1 heterocycles. The zero-order chi connectivity index (χ0) is 24.7. The van der Waals surface area contributed by atoms with Gasteiger partial charge in [-0.1, -0.05) is 37.0 Å². The number of anilines is 2. The van der Waals surface area contributed by atoms with E-state index in [2.05, 4.69) is 10.3 Å². The Morgan fingerprint density at radius 3 is 2.45 bits per heavy atom. The number of rotatable bonds is 6. The molecular weight excluding hydrogens is 486 g/mol. The standard InChI is InChI=1S/C21H16Cl2F3N3O4/c1-9(2)7-15(30)17-19(31)16-14(29(32)33)6-4-12(23)18(16)28-20(17)27-13-5-3-10(22)8-11(13)21(24,25)26/h3-6,8-9H,7H2,1-2H3,(H2,27,28,31). The second kappa shape index (κ2) is 9.03. The van der Waals surface area contributed by atoms with Crippen LogP contribution < -0.4 is 10.7 Å². The summed E-state index contributed by atoms with van der Waals surface area (Å²) in [5.74, 6) is -1.27. The quantitative estimate of drug-likeness (QED) is 0.221. The van der Waals surface area contributed by atoms with E-state index in [0.717, 1.165) is 12.1 Å². The second-order valence-corrected chi connectivity index (χ2v) is 8.46. The molecule has 1 aromatic heterocycles. The van der Waals surface area contributed by atoms with E-state index in [1.165, 1.54) is 12.1 Å². The minimum Gasteiger partial charge on any atom is -0.341 e. The van der Waals surface area contributed by atoms with Crippen LogP contribution in [0.25, 0.3) is 10.9 Å². The zero-order valence-corrected chi connectivity index (χ0v) is 18.7. The van der Waals surface area contributed by atoms with Gasteiger partial charge in [0.1, 0.15) is 16.8 Å². The lowest BCUT2D eigenvalue weighted by Crippen LogP contribution is -2.22. The number of carbonyl (C=O) groups is 1. The molecule has 2 N–H and O–H groups in total. The molecule has 12 heteroatoms. The Bertz CT molecular complexity index is 1340. The fraction of sp³-hybridized carbons (Fsp3) is 0.238. The normalized spacial score (nSPS) is 11.8. The van der Waals surface area contributed by atoms with Gasteiger partial charge >= 0.3 is 6.18 Å². The van der Waals surface area contributed by atoms with Crippen molar-refractivity contribution in [2.45, 2.75) is 26.4 Å². The number of alkyl halides is 3. The smallest absolute Gasteiger partial charge is 0.341 e. The molecule has 0 saturated heterocycles. The fourth-order valence-electron chi connectivity index (χ4n) is 3.32. The van der Waals surface area contributed by atoms with E-state index in [-0.39, 0.29) is 33.7 Å². The van der Waals surface area contributed by atoms with Gasteiger partial charge in [-0.2, -0.15) is 13.2 Å². The number of H-pyrrole nitrogens is 1. The summed E-state index contributed by atoms with van der Waals surface area (Å²) in [4.78, 5) is 39.5. The first kappa shape index (κ1) is 24.5. The number of pyridine rings is 1. The van der Waals surface area contributed by atoms with Crippen LogP contribution in [0.1, 0.15) is 36.2 Å². The number of fused-ring (bicyclic) bond motifs is 1. The summed E-state index contributed by atoms with van der Waals surface area (Å²) < 4.78 is 40.7. The van der Waals surface area contributed by atoms with Crippen LogP contribution in [0.2, 0.25) is 10.0 Å². The highest BCUT2D eigenvalue weighted by atomic mass is 35.5. The van der Waals surface area contributed by atoms with E-state index in [4.69, 9.17) is 23.2 Å². The maximum Gasteiger partial charge on any atom is 0.418 e. The number of aromatic nitrogens is 1. The molecule has 0 unspecified atom stereocenters. The number of nitro benzene ring substituents is 1. The number of hydrogen-bond acceptors (Lipinski definition) is 5. The van der Waals surface area contributed by atoms with Crippen molar-refractivity contribution in [1.82, 2.24) is 4.98 Å². The Morgan fingerprint density at radius 2 is 1.88 bits per heavy atom. The monoisotopic (exact) mass is 501 g/mol. The average Bonchev–Trinajstić information content (AvgIpc) is 2.68. The number of Topliss-reactive ketones (excluding diaryl/α,β-unsaturated/α-hetero) is 1. The van der Waals surface area contributed by atoms with Crippen molar-refractivity contribution in [2.24, 2.45) is 5.92 Å². The molecule has 3 aromatic rings. The zero-order valence-electron chi connectivity index (χ0n) is 17.1. The third-order valence-electron chi connectivity index (χ3n) is 4.70. The lowest BCUT2D eigenvalue weighted by molar-refractivity contribution is -0.383. The first-order chi connectivity index (χ1) is 15.3. The number of non-ortho nitro benzene ring substituents is 1. The number of aromatic amines is 1. The number of carbonyl (C=O) groups excluding carboxylic acids is 1. The average molecular weight is 502 g/mol. The maximum absolute atomic E-state index is 13.6. The summed E-state index contributed by atoms with van der Waals surface area (Å²) in [6, 6.07) is 5.12. The Kier molecular flexibility index (Phi) is 6.71. The van der Waals surface area contributed by atoms with Gasteiger partial charge < -0.3 is 10.3 Å². The molecule has 174 valence electrons. The molecule has 3 rings (SSSR count). The lowest BCUT2D eigenvalue weighted by atomic mass is 9.99. The summed E-state index contributed by atoms with van der Waals surface area (Å²) in [5, 5.41) is 13.2. The van der Waals surface area contributed by atoms with Gasteiger partial charge in [-0.15, -0.1) is 0 Å². The Balaban J connectivity index is 2.36. The molecule has 33 heavy (non-hydrogen) atoms. The molecule has 7 nitrogen and oxygen atoms in total. The highest BCUT2D eigenvalue weighted by molar-refractivity contribution is 6.35. The van der Waals surface area contributed by atoms with Crippen molar-refractivity contribution >= 4 is 57.1 Å². The molecule has 0 bridgehead atoms. The number of nitrogens with one attached hydrogen (secondary N) is 2. The van der Waals surface area contributed by atoms with Crippen LogP contribution >= 0.6 is 23.2 Å².